The van der Waals surface area contributed by atoms with E-state index in [2.05, 4.69) is 37.1 Å². The Labute approximate surface area is 134 Å². The number of ether oxygens (including phenoxy) is 2. The number of hydrogen-bond donors (Lipinski definition) is 0. The maximum atomic E-state index is 13.3. The van der Waals surface area contributed by atoms with Gasteiger partial charge in [0, 0.05) is 11.5 Å². The topological polar surface area (TPSA) is 21.7 Å². The highest BCUT2D eigenvalue weighted by atomic mass is 19.3. The number of nitrogens with zero attached hydrogens (tertiary/aromatic N) is 1. The van der Waals surface area contributed by atoms with Crippen LogP contribution < -0.4 is 9.47 Å². The zero-order chi connectivity index (χ0) is 16.2. The van der Waals surface area contributed by atoms with E-state index in [9.17, 15) is 8.78 Å². The van der Waals surface area contributed by atoms with Crippen molar-refractivity contribution < 1.29 is 18.3 Å². The van der Waals surface area contributed by atoms with Gasteiger partial charge in [0.2, 0.25) is 0 Å². The van der Waals surface area contributed by atoms with E-state index >= 15 is 0 Å². The first-order chi connectivity index (χ1) is 10.9. The summed E-state index contributed by atoms with van der Waals surface area (Å²) in [4.78, 5) is 2.33. The van der Waals surface area contributed by atoms with Crippen molar-refractivity contribution in [1.82, 2.24) is 4.90 Å². The standard InChI is InChI=1S/C18H19F2NO2/c1-12-5-6-17(7-8-21(2)16(17)9-12)13-3-4-14-15(10-13)22-11-18(19,20)23-14/h3-6,9-10,16H,7-8,11H2,1-2H3/t16-,17-/m0/s1. The molecule has 1 aliphatic carbocycles. The Hall–Kier alpha value is -1.88. The van der Waals surface area contributed by atoms with E-state index in [1.54, 1.807) is 6.07 Å². The lowest BCUT2D eigenvalue weighted by Crippen LogP contribution is -2.40. The van der Waals surface area contributed by atoms with Crippen LogP contribution in [0.4, 0.5) is 8.78 Å². The number of likely N-dealkylation sites (tertiary alicyclic amines) is 1. The van der Waals surface area contributed by atoms with Crippen LogP contribution in [0.15, 0.2) is 42.0 Å². The summed E-state index contributed by atoms with van der Waals surface area (Å²) in [6, 6.07) is 5.61. The van der Waals surface area contributed by atoms with E-state index < -0.39 is 12.7 Å². The largest absolute Gasteiger partial charge is 0.479 e. The van der Waals surface area contributed by atoms with Crippen LogP contribution in [0.2, 0.25) is 0 Å². The number of benzene rings is 1. The molecule has 0 bridgehead atoms. The van der Waals surface area contributed by atoms with E-state index in [-0.39, 0.29) is 17.2 Å². The minimum atomic E-state index is -3.26. The van der Waals surface area contributed by atoms with Crippen molar-refractivity contribution in [2.24, 2.45) is 0 Å². The van der Waals surface area contributed by atoms with Gasteiger partial charge in [0.05, 0.1) is 0 Å². The summed E-state index contributed by atoms with van der Waals surface area (Å²) in [6.45, 7) is 2.35. The van der Waals surface area contributed by atoms with Gasteiger partial charge < -0.3 is 9.47 Å². The van der Waals surface area contributed by atoms with Gasteiger partial charge in [-0.05, 0) is 44.6 Å². The zero-order valence-electron chi connectivity index (χ0n) is 13.2. The molecule has 3 aliphatic rings. The second kappa shape index (κ2) is 4.81. The van der Waals surface area contributed by atoms with Gasteiger partial charge >= 0.3 is 6.11 Å². The Morgan fingerprint density at radius 2 is 2.09 bits per heavy atom. The Kier molecular flexibility index (Phi) is 3.07. The predicted octanol–water partition coefficient (Wildman–Crippen LogP) is 3.51. The fourth-order valence-corrected chi connectivity index (χ4v) is 3.84. The number of fused-ring (bicyclic) bond motifs is 2. The summed E-state index contributed by atoms with van der Waals surface area (Å²) in [6.07, 6.45) is 4.40. The van der Waals surface area contributed by atoms with E-state index in [0.717, 1.165) is 18.5 Å². The smallest absolute Gasteiger partial charge is 0.433 e. The summed E-state index contributed by atoms with van der Waals surface area (Å²) < 4.78 is 36.5. The third-order valence-electron chi connectivity index (χ3n) is 5.08. The van der Waals surface area contributed by atoms with Crippen LogP contribution in [0.25, 0.3) is 0 Å². The number of hydrogen-bond acceptors (Lipinski definition) is 3. The van der Waals surface area contributed by atoms with E-state index in [4.69, 9.17) is 9.47 Å². The van der Waals surface area contributed by atoms with Gasteiger partial charge in [-0.25, -0.2) is 0 Å². The lowest BCUT2D eigenvalue weighted by Gasteiger charge is -2.37. The van der Waals surface area contributed by atoms with E-state index in [1.807, 2.05) is 12.1 Å². The SMILES string of the molecule is CC1=C[C@@H]2N(C)CC[C@]2(c2ccc3c(c2)OCC(F)(F)O3)C=C1. The van der Waals surface area contributed by atoms with Crippen molar-refractivity contribution in [3.05, 3.63) is 47.6 Å². The number of alkyl halides is 2. The van der Waals surface area contributed by atoms with Crippen LogP contribution in [0, 0.1) is 0 Å². The molecule has 1 aromatic carbocycles. The first-order valence-corrected chi connectivity index (χ1v) is 7.82. The number of rotatable bonds is 1. The second-order valence-corrected chi connectivity index (χ2v) is 6.65. The third-order valence-corrected chi connectivity index (χ3v) is 5.08. The van der Waals surface area contributed by atoms with Crippen LogP contribution in [0.5, 0.6) is 11.5 Å². The van der Waals surface area contributed by atoms with Crippen molar-refractivity contribution >= 4 is 0 Å². The van der Waals surface area contributed by atoms with Crippen LogP contribution in [0.3, 0.4) is 0 Å². The molecule has 5 heteroatoms. The first-order valence-electron chi connectivity index (χ1n) is 7.82. The van der Waals surface area contributed by atoms with Crippen molar-refractivity contribution in [2.75, 3.05) is 20.2 Å². The van der Waals surface area contributed by atoms with Crippen LogP contribution in [-0.2, 0) is 5.41 Å². The number of allylic oxidation sites excluding steroid dienone is 2. The lowest BCUT2D eigenvalue weighted by atomic mass is 9.71. The average Bonchev–Trinajstić information content (AvgIpc) is 2.84. The molecule has 1 saturated heterocycles. The third kappa shape index (κ3) is 2.26. The molecule has 3 nitrogen and oxygen atoms in total. The summed E-state index contributed by atoms with van der Waals surface area (Å²) >= 11 is 0. The van der Waals surface area contributed by atoms with Crippen molar-refractivity contribution in [3.63, 3.8) is 0 Å². The molecule has 0 N–H and O–H groups in total. The first kappa shape index (κ1) is 14.7. The molecule has 0 spiro atoms. The maximum absolute atomic E-state index is 13.3. The fraction of sp³-hybridized carbons (Fsp3) is 0.444. The van der Waals surface area contributed by atoms with Crippen LogP contribution in [-0.4, -0.2) is 37.2 Å². The van der Waals surface area contributed by atoms with E-state index in [1.165, 1.54) is 5.57 Å². The van der Waals surface area contributed by atoms with Gasteiger partial charge in [-0.1, -0.05) is 29.9 Å². The van der Waals surface area contributed by atoms with Crippen LogP contribution >= 0.6 is 0 Å². The van der Waals surface area contributed by atoms with Crippen molar-refractivity contribution in [1.29, 1.82) is 0 Å². The molecular weight excluding hydrogens is 300 g/mol. The molecule has 0 amide bonds. The van der Waals surface area contributed by atoms with Gasteiger partial charge in [-0.15, -0.1) is 0 Å². The molecule has 2 aliphatic heterocycles. The summed E-state index contributed by atoms with van der Waals surface area (Å²) in [5.41, 5.74) is 2.20. The monoisotopic (exact) mass is 319 g/mol. The molecule has 23 heavy (non-hydrogen) atoms. The minimum absolute atomic E-state index is 0.107. The highest BCUT2D eigenvalue weighted by Crippen LogP contribution is 2.47. The number of halogens is 2. The molecule has 2 heterocycles. The molecule has 0 unspecified atom stereocenters. The van der Waals surface area contributed by atoms with Gasteiger partial charge in [0.1, 0.15) is 0 Å². The summed E-state index contributed by atoms with van der Waals surface area (Å²) in [5, 5.41) is 0. The molecule has 4 rings (SSSR count). The van der Waals surface area contributed by atoms with E-state index in [0.29, 0.717) is 5.75 Å². The Bertz CT molecular complexity index is 713. The Balaban J connectivity index is 1.75. The molecule has 0 aromatic heterocycles. The molecule has 0 saturated carbocycles. The molecule has 1 aromatic rings. The van der Waals surface area contributed by atoms with Crippen molar-refractivity contribution in [3.8, 4) is 11.5 Å². The second-order valence-electron chi connectivity index (χ2n) is 6.65. The van der Waals surface area contributed by atoms with Crippen LogP contribution in [0.1, 0.15) is 18.9 Å². The molecular formula is C18H19F2NO2. The Morgan fingerprint density at radius 3 is 2.91 bits per heavy atom. The van der Waals surface area contributed by atoms with Gasteiger partial charge in [0.15, 0.2) is 18.1 Å². The fourth-order valence-electron chi connectivity index (χ4n) is 3.84. The lowest BCUT2D eigenvalue weighted by molar-refractivity contribution is -0.208. The number of likely N-dealkylation sites (N-methyl/N-ethyl adjacent to an activating group) is 1. The van der Waals surface area contributed by atoms with Gasteiger partial charge in [0.25, 0.3) is 0 Å². The predicted molar refractivity (Wildman–Crippen MR) is 83.1 cm³/mol. The molecule has 2 atom stereocenters. The molecule has 1 fully saturated rings. The molecule has 0 radical (unpaired) electrons. The van der Waals surface area contributed by atoms with Gasteiger partial charge in [-0.2, -0.15) is 8.78 Å². The highest BCUT2D eigenvalue weighted by Gasteiger charge is 2.46. The normalized spacial score (nSPS) is 31.7. The van der Waals surface area contributed by atoms with Gasteiger partial charge in [-0.3, -0.25) is 4.90 Å². The minimum Gasteiger partial charge on any atom is -0.479 e. The summed E-state index contributed by atoms with van der Waals surface area (Å²) in [7, 11) is 2.12. The maximum Gasteiger partial charge on any atom is 0.433 e. The average molecular weight is 319 g/mol. The Morgan fingerprint density at radius 1 is 1.26 bits per heavy atom. The highest BCUT2D eigenvalue weighted by molar-refractivity contribution is 5.51. The molecule has 122 valence electrons. The van der Waals surface area contributed by atoms with Crippen molar-refractivity contribution in [2.45, 2.75) is 30.9 Å². The quantitative estimate of drug-likeness (QED) is 0.791. The summed E-state index contributed by atoms with van der Waals surface area (Å²) in [5.74, 6) is 0.506. The zero-order valence-corrected chi connectivity index (χ0v) is 13.2.